The first-order valence-corrected chi connectivity index (χ1v) is 8.74. The van der Waals surface area contributed by atoms with Gasteiger partial charge in [-0.2, -0.15) is 0 Å². The Labute approximate surface area is 129 Å². The van der Waals surface area contributed by atoms with Crippen LogP contribution in [0.4, 0.5) is 0 Å². The third-order valence-electron chi connectivity index (χ3n) is 4.03. The van der Waals surface area contributed by atoms with Crippen LogP contribution in [0.15, 0.2) is 53.4 Å². The number of hydrogen-bond acceptors (Lipinski definition) is 3. The van der Waals surface area contributed by atoms with Crippen molar-refractivity contribution < 1.29 is 13.5 Å². The fourth-order valence-corrected chi connectivity index (χ4v) is 5.05. The minimum Gasteiger partial charge on any atom is -0.396 e. The van der Waals surface area contributed by atoms with E-state index >= 15 is 0 Å². The average molecular weight is 323 g/mol. The molecule has 0 aromatic heterocycles. The zero-order chi connectivity index (χ0) is 15.0. The number of benzene rings is 2. The number of sulfone groups is 1. The lowest BCUT2D eigenvalue weighted by molar-refractivity contribution is 0.252. The Morgan fingerprint density at radius 3 is 2.48 bits per heavy atom. The first-order chi connectivity index (χ1) is 10.0. The Morgan fingerprint density at radius 1 is 1.14 bits per heavy atom. The van der Waals surface area contributed by atoms with E-state index in [0.717, 1.165) is 11.1 Å². The van der Waals surface area contributed by atoms with Crippen molar-refractivity contribution in [3.8, 4) is 0 Å². The van der Waals surface area contributed by atoms with Crippen molar-refractivity contribution in [1.29, 1.82) is 0 Å². The maximum absolute atomic E-state index is 12.3. The van der Waals surface area contributed by atoms with E-state index in [9.17, 15) is 13.5 Å². The molecule has 1 aliphatic rings. The molecule has 0 bridgehead atoms. The van der Waals surface area contributed by atoms with Crippen LogP contribution in [0.1, 0.15) is 23.0 Å². The van der Waals surface area contributed by atoms with E-state index in [1.165, 1.54) is 0 Å². The van der Waals surface area contributed by atoms with Gasteiger partial charge in [0.15, 0.2) is 9.84 Å². The average Bonchev–Trinajstić information content (AvgIpc) is 2.74. The normalized spacial score (nSPS) is 21.0. The third kappa shape index (κ3) is 2.59. The standard InChI is InChI=1S/C16H15ClO3S/c17-12-7-5-11(6-8-12)14(9-18)15-10-21(19,20)16-4-2-1-3-13(15)16/h1-8,14-15,18H,9-10H2. The molecule has 1 heterocycles. The SMILES string of the molecule is O=S1(=O)CC(C(CO)c2ccc(Cl)cc2)c2ccccc21. The summed E-state index contributed by atoms with van der Waals surface area (Å²) in [4.78, 5) is 0.391. The summed E-state index contributed by atoms with van der Waals surface area (Å²) in [7, 11) is -3.26. The maximum Gasteiger partial charge on any atom is 0.179 e. The highest BCUT2D eigenvalue weighted by Gasteiger charge is 2.39. The predicted octanol–water partition coefficient (Wildman–Crippen LogP) is 2.99. The lowest BCUT2D eigenvalue weighted by atomic mass is 9.83. The molecule has 2 atom stereocenters. The van der Waals surface area contributed by atoms with Crippen LogP contribution < -0.4 is 0 Å². The van der Waals surface area contributed by atoms with Gasteiger partial charge in [0.05, 0.1) is 17.3 Å². The van der Waals surface area contributed by atoms with E-state index in [1.807, 2.05) is 24.3 Å². The number of aliphatic hydroxyl groups is 1. The van der Waals surface area contributed by atoms with Gasteiger partial charge in [0.1, 0.15) is 0 Å². The van der Waals surface area contributed by atoms with Gasteiger partial charge in [0.25, 0.3) is 0 Å². The molecule has 0 saturated carbocycles. The second-order valence-electron chi connectivity index (χ2n) is 5.27. The topological polar surface area (TPSA) is 54.4 Å². The van der Waals surface area contributed by atoms with E-state index in [4.69, 9.17) is 11.6 Å². The molecule has 2 unspecified atom stereocenters. The number of hydrogen-bond donors (Lipinski definition) is 1. The van der Waals surface area contributed by atoms with Crippen LogP contribution in [0.3, 0.4) is 0 Å². The highest BCUT2D eigenvalue weighted by atomic mass is 35.5. The molecule has 5 heteroatoms. The fraction of sp³-hybridized carbons (Fsp3) is 0.250. The molecule has 21 heavy (non-hydrogen) atoms. The highest BCUT2D eigenvalue weighted by Crippen LogP contribution is 2.43. The van der Waals surface area contributed by atoms with Crippen LogP contribution in [-0.4, -0.2) is 25.9 Å². The van der Waals surface area contributed by atoms with Gasteiger partial charge in [-0.15, -0.1) is 0 Å². The summed E-state index contributed by atoms with van der Waals surface area (Å²) in [5.41, 5.74) is 1.70. The van der Waals surface area contributed by atoms with Crippen molar-refractivity contribution in [1.82, 2.24) is 0 Å². The molecule has 3 rings (SSSR count). The largest absolute Gasteiger partial charge is 0.396 e. The second-order valence-corrected chi connectivity index (χ2v) is 7.71. The first kappa shape index (κ1) is 14.6. The lowest BCUT2D eigenvalue weighted by Crippen LogP contribution is -2.17. The third-order valence-corrected chi connectivity index (χ3v) is 6.12. The van der Waals surface area contributed by atoms with Gasteiger partial charge < -0.3 is 5.11 Å². The molecule has 1 N–H and O–H groups in total. The van der Waals surface area contributed by atoms with Crippen LogP contribution in [0.5, 0.6) is 0 Å². The Hall–Kier alpha value is -1.36. The summed E-state index contributed by atoms with van der Waals surface area (Å²) in [6, 6.07) is 14.2. The van der Waals surface area contributed by atoms with E-state index in [0.29, 0.717) is 9.92 Å². The number of halogens is 1. The molecule has 0 aliphatic carbocycles. The molecule has 0 amide bonds. The molecule has 0 spiro atoms. The smallest absolute Gasteiger partial charge is 0.179 e. The van der Waals surface area contributed by atoms with Crippen molar-refractivity contribution in [3.63, 3.8) is 0 Å². The minimum atomic E-state index is -3.26. The van der Waals surface area contributed by atoms with E-state index in [2.05, 4.69) is 0 Å². The van der Waals surface area contributed by atoms with Gasteiger partial charge in [-0.3, -0.25) is 0 Å². The summed E-state index contributed by atoms with van der Waals surface area (Å²) >= 11 is 5.89. The zero-order valence-electron chi connectivity index (χ0n) is 11.2. The zero-order valence-corrected chi connectivity index (χ0v) is 12.8. The van der Waals surface area contributed by atoms with Crippen molar-refractivity contribution in [2.45, 2.75) is 16.7 Å². The predicted molar refractivity (Wildman–Crippen MR) is 82.5 cm³/mol. The van der Waals surface area contributed by atoms with Crippen LogP contribution in [0.2, 0.25) is 5.02 Å². The number of aliphatic hydroxyl groups excluding tert-OH is 1. The maximum atomic E-state index is 12.3. The lowest BCUT2D eigenvalue weighted by Gasteiger charge is -2.22. The minimum absolute atomic E-state index is 0.0419. The molecule has 110 valence electrons. The Bertz CT molecular complexity index is 753. The van der Waals surface area contributed by atoms with Gasteiger partial charge in [-0.25, -0.2) is 8.42 Å². The van der Waals surface area contributed by atoms with Crippen molar-refractivity contribution >= 4 is 21.4 Å². The molecule has 0 fully saturated rings. The monoisotopic (exact) mass is 322 g/mol. The molecular weight excluding hydrogens is 308 g/mol. The van der Waals surface area contributed by atoms with E-state index in [1.54, 1.807) is 24.3 Å². The van der Waals surface area contributed by atoms with Gasteiger partial charge in [-0.1, -0.05) is 41.9 Å². The number of rotatable bonds is 3. The number of fused-ring (bicyclic) bond motifs is 1. The molecule has 2 aromatic rings. The van der Waals surface area contributed by atoms with Crippen LogP contribution in [0, 0.1) is 0 Å². The Kier molecular flexibility index (Phi) is 3.78. The summed E-state index contributed by atoms with van der Waals surface area (Å²) in [5, 5.41) is 10.4. The van der Waals surface area contributed by atoms with Crippen molar-refractivity contribution in [3.05, 3.63) is 64.7 Å². The molecule has 2 aromatic carbocycles. The quantitative estimate of drug-likeness (QED) is 0.945. The van der Waals surface area contributed by atoms with Crippen LogP contribution >= 0.6 is 11.6 Å². The molecule has 0 saturated heterocycles. The van der Waals surface area contributed by atoms with E-state index in [-0.39, 0.29) is 24.2 Å². The Balaban J connectivity index is 2.05. The highest BCUT2D eigenvalue weighted by molar-refractivity contribution is 7.91. The van der Waals surface area contributed by atoms with E-state index < -0.39 is 9.84 Å². The van der Waals surface area contributed by atoms with Crippen molar-refractivity contribution in [2.75, 3.05) is 12.4 Å². The first-order valence-electron chi connectivity index (χ1n) is 6.71. The summed E-state index contributed by atoms with van der Waals surface area (Å²) in [6.07, 6.45) is 0. The van der Waals surface area contributed by atoms with Gasteiger partial charge in [0, 0.05) is 16.9 Å². The molecule has 0 radical (unpaired) electrons. The van der Waals surface area contributed by atoms with Gasteiger partial charge in [0.2, 0.25) is 0 Å². The molecule has 3 nitrogen and oxygen atoms in total. The molecule has 1 aliphatic heterocycles. The summed E-state index contributed by atoms with van der Waals surface area (Å²) in [6.45, 7) is -0.101. The van der Waals surface area contributed by atoms with Gasteiger partial charge in [-0.05, 0) is 29.3 Å². The van der Waals surface area contributed by atoms with Crippen LogP contribution in [-0.2, 0) is 9.84 Å². The fourth-order valence-electron chi connectivity index (χ4n) is 2.99. The molecular formula is C16H15ClO3S. The van der Waals surface area contributed by atoms with Gasteiger partial charge >= 0.3 is 0 Å². The summed E-state index contributed by atoms with van der Waals surface area (Å²) in [5.74, 6) is -0.432. The second kappa shape index (κ2) is 5.44. The van der Waals surface area contributed by atoms with Crippen molar-refractivity contribution in [2.24, 2.45) is 0 Å². The summed E-state index contributed by atoms with van der Waals surface area (Å²) < 4.78 is 24.5. The Morgan fingerprint density at radius 2 is 1.81 bits per heavy atom. The van der Waals surface area contributed by atoms with Crippen LogP contribution in [0.25, 0.3) is 0 Å².